The third-order valence-electron chi connectivity index (χ3n) is 4.89. The van der Waals surface area contributed by atoms with Crippen molar-refractivity contribution in [2.75, 3.05) is 10.8 Å². The predicted molar refractivity (Wildman–Crippen MR) is 120 cm³/mol. The Labute approximate surface area is 178 Å². The zero-order valence-electron chi connectivity index (χ0n) is 17.2. The molecule has 3 rings (SSSR count). The van der Waals surface area contributed by atoms with E-state index in [2.05, 4.69) is 5.32 Å². The van der Waals surface area contributed by atoms with Crippen LogP contribution in [0.3, 0.4) is 0 Å². The molecule has 0 spiro atoms. The summed E-state index contributed by atoms with van der Waals surface area (Å²) in [5, 5.41) is 2.98. The van der Waals surface area contributed by atoms with Crippen molar-refractivity contribution in [2.45, 2.75) is 31.2 Å². The molecule has 0 aromatic heterocycles. The monoisotopic (exact) mass is 422 g/mol. The molecule has 156 valence electrons. The number of aryl methyl sites for hydroxylation is 1. The van der Waals surface area contributed by atoms with Gasteiger partial charge in [0.1, 0.15) is 6.54 Å². The first-order valence-corrected chi connectivity index (χ1v) is 11.3. The van der Waals surface area contributed by atoms with Crippen LogP contribution in [0.1, 0.15) is 30.5 Å². The van der Waals surface area contributed by atoms with Gasteiger partial charge in [-0.25, -0.2) is 8.42 Å². The van der Waals surface area contributed by atoms with Gasteiger partial charge in [0.2, 0.25) is 5.91 Å². The Bertz CT molecular complexity index is 1070. The molecule has 0 saturated carbocycles. The van der Waals surface area contributed by atoms with Crippen molar-refractivity contribution in [2.24, 2.45) is 0 Å². The van der Waals surface area contributed by atoms with E-state index in [0.29, 0.717) is 12.1 Å². The molecular weight excluding hydrogens is 396 g/mol. The summed E-state index contributed by atoms with van der Waals surface area (Å²) in [6.45, 7) is 3.69. The minimum Gasteiger partial charge on any atom is -0.348 e. The van der Waals surface area contributed by atoms with Gasteiger partial charge in [0, 0.05) is 0 Å². The van der Waals surface area contributed by atoms with Gasteiger partial charge in [0.25, 0.3) is 10.0 Å². The Morgan fingerprint density at radius 1 is 0.900 bits per heavy atom. The number of benzene rings is 3. The second-order valence-corrected chi connectivity index (χ2v) is 8.96. The zero-order valence-corrected chi connectivity index (χ0v) is 18.0. The second-order valence-electron chi connectivity index (χ2n) is 7.10. The topological polar surface area (TPSA) is 66.5 Å². The molecule has 0 aliphatic carbocycles. The summed E-state index contributed by atoms with van der Waals surface area (Å²) in [5.74, 6) is -0.356. The number of sulfonamides is 1. The highest BCUT2D eigenvalue weighted by Crippen LogP contribution is 2.24. The number of hydrogen-bond acceptors (Lipinski definition) is 3. The molecular formula is C24H26N2O3S. The van der Waals surface area contributed by atoms with Gasteiger partial charge in [-0.15, -0.1) is 0 Å². The van der Waals surface area contributed by atoms with E-state index in [1.54, 1.807) is 48.5 Å². The normalized spacial score (nSPS) is 12.2. The van der Waals surface area contributed by atoms with Crippen molar-refractivity contribution in [3.63, 3.8) is 0 Å². The van der Waals surface area contributed by atoms with E-state index in [9.17, 15) is 13.2 Å². The maximum Gasteiger partial charge on any atom is 0.264 e. The Hall–Kier alpha value is -3.12. The number of para-hydroxylation sites is 1. The molecule has 0 heterocycles. The van der Waals surface area contributed by atoms with Crippen molar-refractivity contribution in [1.29, 1.82) is 0 Å². The molecule has 1 N–H and O–H groups in total. The molecule has 0 aliphatic heterocycles. The lowest BCUT2D eigenvalue weighted by molar-refractivity contribution is -0.120. The van der Waals surface area contributed by atoms with Crippen molar-refractivity contribution in [3.05, 3.63) is 96.1 Å². The van der Waals surface area contributed by atoms with E-state index < -0.39 is 10.0 Å². The maximum atomic E-state index is 13.3. The van der Waals surface area contributed by atoms with Crippen LogP contribution in [0.4, 0.5) is 5.69 Å². The Balaban J connectivity index is 1.86. The minimum atomic E-state index is -3.89. The van der Waals surface area contributed by atoms with Crippen LogP contribution in [0.5, 0.6) is 0 Å². The highest BCUT2D eigenvalue weighted by molar-refractivity contribution is 7.92. The highest BCUT2D eigenvalue weighted by atomic mass is 32.2. The number of amides is 1. The van der Waals surface area contributed by atoms with Crippen LogP contribution < -0.4 is 9.62 Å². The molecule has 0 fully saturated rings. The van der Waals surface area contributed by atoms with E-state index in [4.69, 9.17) is 0 Å². The quantitative estimate of drug-likeness (QED) is 0.583. The average Bonchev–Trinajstić information content (AvgIpc) is 2.77. The van der Waals surface area contributed by atoms with E-state index in [0.717, 1.165) is 15.4 Å². The first kappa shape index (κ1) is 21.6. The number of carbonyl (C=O) groups is 1. The first-order chi connectivity index (χ1) is 14.4. The molecule has 0 radical (unpaired) electrons. The van der Waals surface area contributed by atoms with Gasteiger partial charge in [0.15, 0.2) is 0 Å². The minimum absolute atomic E-state index is 0.146. The van der Waals surface area contributed by atoms with E-state index >= 15 is 0 Å². The third-order valence-corrected chi connectivity index (χ3v) is 6.67. The molecule has 6 heteroatoms. The molecule has 0 aliphatic rings. The number of nitrogens with one attached hydrogen (secondary N) is 1. The Morgan fingerprint density at radius 2 is 1.47 bits per heavy atom. The highest BCUT2D eigenvalue weighted by Gasteiger charge is 2.27. The lowest BCUT2D eigenvalue weighted by Gasteiger charge is -2.25. The smallest absolute Gasteiger partial charge is 0.264 e. The standard InChI is InChI=1S/C24H26N2O3S/c1-3-23(20-16-14-19(2)15-17-20)25-24(27)18-26(21-10-6-4-7-11-21)30(28,29)22-12-8-5-9-13-22/h4-17,23H,3,18H2,1-2H3,(H,25,27). The summed E-state index contributed by atoms with van der Waals surface area (Å²) in [6.07, 6.45) is 0.700. The SMILES string of the molecule is CCC(NC(=O)CN(c1ccccc1)S(=O)(=O)c1ccccc1)c1ccc(C)cc1. The van der Waals surface area contributed by atoms with Crippen LogP contribution in [-0.4, -0.2) is 20.9 Å². The van der Waals surface area contributed by atoms with Crippen molar-refractivity contribution in [3.8, 4) is 0 Å². The maximum absolute atomic E-state index is 13.3. The van der Waals surface area contributed by atoms with Crippen LogP contribution in [0.2, 0.25) is 0 Å². The Kier molecular flexibility index (Phi) is 6.90. The molecule has 1 atom stereocenters. The lowest BCUT2D eigenvalue weighted by atomic mass is 10.0. The van der Waals surface area contributed by atoms with Crippen molar-refractivity contribution < 1.29 is 13.2 Å². The summed E-state index contributed by atoms with van der Waals surface area (Å²) in [5.41, 5.74) is 2.58. The van der Waals surface area contributed by atoms with Crippen LogP contribution in [-0.2, 0) is 14.8 Å². The van der Waals surface area contributed by atoms with Crippen LogP contribution in [0.15, 0.2) is 89.8 Å². The van der Waals surface area contributed by atoms with E-state index in [-0.39, 0.29) is 23.4 Å². The van der Waals surface area contributed by atoms with Crippen LogP contribution >= 0.6 is 0 Å². The second kappa shape index (κ2) is 9.59. The van der Waals surface area contributed by atoms with Crippen molar-refractivity contribution >= 4 is 21.6 Å². The average molecular weight is 423 g/mol. The first-order valence-electron chi connectivity index (χ1n) is 9.90. The molecule has 30 heavy (non-hydrogen) atoms. The van der Waals surface area contributed by atoms with Gasteiger partial charge >= 0.3 is 0 Å². The zero-order chi connectivity index (χ0) is 21.6. The molecule has 1 amide bonds. The molecule has 5 nitrogen and oxygen atoms in total. The molecule has 0 saturated heterocycles. The fraction of sp³-hybridized carbons (Fsp3) is 0.208. The summed E-state index contributed by atoms with van der Waals surface area (Å²) in [4.78, 5) is 13.0. The van der Waals surface area contributed by atoms with E-state index in [1.165, 1.54) is 12.1 Å². The number of hydrogen-bond donors (Lipinski definition) is 1. The van der Waals surface area contributed by atoms with Gasteiger partial charge in [0.05, 0.1) is 16.6 Å². The number of anilines is 1. The largest absolute Gasteiger partial charge is 0.348 e. The molecule has 1 unspecified atom stereocenters. The number of rotatable bonds is 8. The summed E-state index contributed by atoms with van der Waals surface area (Å²) in [6, 6.07) is 24.6. The number of nitrogens with zero attached hydrogens (tertiary/aromatic N) is 1. The van der Waals surface area contributed by atoms with Gasteiger partial charge in [-0.3, -0.25) is 9.10 Å². The fourth-order valence-corrected chi connectivity index (χ4v) is 4.66. The van der Waals surface area contributed by atoms with Gasteiger partial charge in [-0.1, -0.05) is 73.2 Å². The van der Waals surface area contributed by atoms with Crippen molar-refractivity contribution in [1.82, 2.24) is 5.32 Å². The third kappa shape index (κ3) is 5.07. The Morgan fingerprint density at radius 3 is 2.03 bits per heavy atom. The van der Waals surface area contributed by atoms with Crippen LogP contribution in [0.25, 0.3) is 0 Å². The van der Waals surface area contributed by atoms with Gasteiger partial charge in [-0.05, 0) is 43.2 Å². The summed E-state index contributed by atoms with van der Waals surface area (Å²) >= 11 is 0. The lowest BCUT2D eigenvalue weighted by Crippen LogP contribution is -2.42. The van der Waals surface area contributed by atoms with Gasteiger partial charge < -0.3 is 5.32 Å². The summed E-state index contributed by atoms with van der Waals surface area (Å²) in [7, 11) is -3.89. The predicted octanol–water partition coefficient (Wildman–Crippen LogP) is 4.46. The molecule has 3 aromatic rings. The molecule has 0 bridgehead atoms. The van der Waals surface area contributed by atoms with Crippen LogP contribution in [0, 0.1) is 6.92 Å². The van der Waals surface area contributed by atoms with Gasteiger partial charge in [-0.2, -0.15) is 0 Å². The summed E-state index contributed by atoms with van der Waals surface area (Å²) < 4.78 is 27.7. The molecule has 3 aromatic carbocycles. The fourth-order valence-electron chi connectivity index (χ4n) is 3.22. The number of carbonyl (C=O) groups excluding carboxylic acids is 1. The van der Waals surface area contributed by atoms with E-state index in [1.807, 2.05) is 38.1 Å².